The van der Waals surface area contributed by atoms with Crippen molar-refractivity contribution >= 4 is 33.5 Å². The first-order valence-corrected chi connectivity index (χ1v) is 11.9. The van der Waals surface area contributed by atoms with E-state index >= 15 is 0 Å². The van der Waals surface area contributed by atoms with Crippen LogP contribution in [0.5, 0.6) is 0 Å². The molecule has 0 fully saturated rings. The van der Waals surface area contributed by atoms with Crippen LogP contribution in [-0.4, -0.2) is 32.1 Å². The Morgan fingerprint density at radius 3 is 2.65 bits per heavy atom. The maximum Gasteiger partial charge on any atom is 0.244 e. The van der Waals surface area contributed by atoms with E-state index in [-0.39, 0.29) is 5.91 Å². The van der Waals surface area contributed by atoms with E-state index in [9.17, 15) is 17.6 Å². The minimum absolute atomic E-state index is 0.287. The fraction of sp³-hybridized carbons (Fsp3) is 0.364. The van der Waals surface area contributed by atoms with Crippen LogP contribution in [0.1, 0.15) is 42.1 Å². The Morgan fingerprint density at radius 1 is 1.23 bits per heavy atom. The number of carbonyl (C=O) groups is 1. The van der Waals surface area contributed by atoms with Crippen molar-refractivity contribution in [3.8, 4) is 0 Å². The van der Waals surface area contributed by atoms with Gasteiger partial charge in [0.1, 0.15) is 12.5 Å². The number of carbonyl (C=O) groups excluding carboxylic acids is 1. The van der Waals surface area contributed by atoms with Gasteiger partial charge in [-0.2, -0.15) is 0 Å². The highest BCUT2D eigenvalue weighted by Gasteiger charge is 2.07. The number of hydrogen-bond donors (Lipinski definition) is 3. The molecule has 0 unspecified atom stereocenters. The molecule has 3 N–H and O–H groups in total. The summed E-state index contributed by atoms with van der Waals surface area (Å²) < 4.78 is 38.1. The van der Waals surface area contributed by atoms with Gasteiger partial charge in [0, 0.05) is 24.7 Å². The van der Waals surface area contributed by atoms with Crippen molar-refractivity contribution < 1.29 is 17.6 Å². The molecule has 1 amide bonds. The molecule has 0 aliphatic heterocycles. The quantitative estimate of drug-likeness (QED) is 0.359. The number of nitrogens with one attached hydrogen (secondary N) is 3. The second kappa shape index (κ2) is 11.5. The number of anilines is 2. The van der Waals surface area contributed by atoms with Crippen LogP contribution < -0.4 is 15.4 Å². The predicted molar refractivity (Wildman–Crippen MR) is 123 cm³/mol. The van der Waals surface area contributed by atoms with E-state index in [1.165, 1.54) is 6.08 Å². The van der Waals surface area contributed by atoms with E-state index in [4.69, 9.17) is 0 Å². The lowest BCUT2D eigenvalue weighted by Gasteiger charge is -2.10. The van der Waals surface area contributed by atoms with Crippen molar-refractivity contribution in [3.63, 3.8) is 0 Å². The number of aromatic nitrogens is 1. The first-order chi connectivity index (χ1) is 14.7. The fourth-order valence-electron chi connectivity index (χ4n) is 2.81. The van der Waals surface area contributed by atoms with Gasteiger partial charge in [0.2, 0.25) is 15.9 Å². The Labute approximate surface area is 183 Å². The number of rotatable bonds is 11. The number of alkyl halides is 1. The van der Waals surface area contributed by atoms with Crippen molar-refractivity contribution in [2.24, 2.45) is 0 Å². The Balaban J connectivity index is 2.00. The summed E-state index contributed by atoms with van der Waals surface area (Å²) >= 11 is 0. The minimum Gasteiger partial charge on any atom is -0.370 e. The zero-order chi connectivity index (χ0) is 22.9. The second-order valence-corrected chi connectivity index (χ2v) is 8.98. The van der Waals surface area contributed by atoms with E-state index in [2.05, 4.69) is 27.3 Å². The van der Waals surface area contributed by atoms with E-state index in [1.807, 2.05) is 6.07 Å². The highest BCUT2D eigenvalue weighted by Crippen LogP contribution is 2.18. The molecule has 0 radical (unpaired) electrons. The molecule has 2 aromatic rings. The first kappa shape index (κ1) is 24.3. The summed E-state index contributed by atoms with van der Waals surface area (Å²) in [5.74, 6) is 0.266. The smallest absolute Gasteiger partial charge is 0.244 e. The van der Waals surface area contributed by atoms with Gasteiger partial charge in [-0.3, -0.25) is 9.52 Å². The second-order valence-electron chi connectivity index (χ2n) is 7.23. The Morgan fingerprint density at radius 2 is 2.00 bits per heavy atom. The Bertz CT molecular complexity index is 1040. The van der Waals surface area contributed by atoms with Crippen LogP contribution in [0.2, 0.25) is 0 Å². The topological polar surface area (TPSA) is 100 Å². The molecule has 0 saturated heterocycles. The molecule has 1 aromatic heterocycles. The third kappa shape index (κ3) is 8.37. The van der Waals surface area contributed by atoms with Crippen LogP contribution in [0.4, 0.5) is 15.9 Å². The van der Waals surface area contributed by atoms with Gasteiger partial charge in [-0.15, -0.1) is 0 Å². The van der Waals surface area contributed by atoms with Gasteiger partial charge in [-0.1, -0.05) is 25.5 Å². The molecule has 31 heavy (non-hydrogen) atoms. The summed E-state index contributed by atoms with van der Waals surface area (Å²) in [6.45, 7) is 4.24. The van der Waals surface area contributed by atoms with Crippen LogP contribution in [0.3, 0.4) is 0 Å². The van der Waals surface area contributed by atoms with Crippen LogP contribution in [0.25, 0.3) is 6.08 Å². The van der Waals surface area contributed by atoms with Crippen LogP contribution >= 0.6 is 0 Å². The molecule has 0 saturated carbocycles. The van der Waals surface area contributed by atoms with E-state index < -0.39 is 16.7 Å². The van der Waals surface area contributed by atoms with E-state index in [1.54, 1.807) is 37.3 Å². The molecular weight excluding hydrogens is 419 g/mol. The van der Waals surface area contributed by atoms with Crippen LogP contribution in [-0.2, 0) is 28.0 Å². The highest BCUT2D eigenvalue weighted by molar-refractivity contribution is 7.92. The normalized spacial score (nSPS) is 11.5. The average molecular weight is 449 g/mol. The predicted octanol–water partition coefficient (Wildman–Crippen LogP) is 3.77. The number of aryl methyl sites for hydroxylation is 1. The molecule has 9 heteroatoms. The lowest BCUT2D eigenvalue weighted by molar-refractivity contribution is -0.116. The summed E-state index contributed by atoms with van der Waals surface area (Å²) in [4.78, 5) is 16.5. The van der Waals surface area contributed by atoms with Crippen molar-refractivity contribution in [2.45, 2.75) is 39.9 Å². The number of sulfonamides is 1. The Kier molecular flexibility index (Phi) is 8.99. The summed E-state index contributed by atoms with van der Waals surface area (Å²) in [5.41, 5.74) is 3.15. The number of hydrogen-bond acceptors (Lipinski definition) is 5. The molecule has 0 bridgehead atoms. The molecule has 168 valence electrons. The molecule has 1 heterocycles. The molecule has 0 aliphatic carbocycles. The minimum atomic E-state index is -3.35. The van der Waals surface area contributed by atoms with E-state index in [0.29, 0.717) is 29.3 Å². The maximum absolute atomic E-state index is 12.9. The standard InChI is InChI=1S/C22H29FN4O3S/c1-4-5-12-24-22-18(7-9-19(14-23)26-22)8-11-21(28)25-15-17-6-10-20(16(2)13-17)27-31(3,29)30/h6-11,13,27H,4-5,12,14-15H2,1-3H3,(H,24,26)(H,25,28)/b11-8+. The largest absolute Gasteiger partial charge is 0.370 e. The van der Waals surface area contributed by atoms with Crippen molar-refractivity contribution in [2.75, 3.05) is 22.8 Å². The number of unbranched alkanes of at least 4 members (excludes halogenated alkanes) is 1. The molecule has 1 aromatic carbocycles. The molecule has 7 nitrogen and oxygen atoms in total. The van der Waals surface area contributed by atoms with Gasteiger partial charge in [-0.25, -0.2) is 17.8 Å². The molecule has 0 aliphatic rings. The number of nitrogens with zero attached hydrogens (tertiary/aromatic N) is 1. The average Bonchev–Trinajstić information content (AvgIpc) is 2.72. The lowest BCUT2D eigenvalue weighted by Crippen LogP contribution is -2.20. The summed E-state index contributed by atoms with van der Waals surface area (Å²) in [7, 11) is -3.35. The first-order valence-electron chi connectivity index (χ1n) is 10.0. The third-order valence-electron chi connectivity index (χ3n) is 4.41. The van der Waals surface area contributed by atoms with Crippen molar-refractivity contribution in [1.29, 1.82) is 0 Å². The molecule has 2 rings (SSSR count). The van der Waals surface area contributed by atoms with Gasteiger partial charge in [-0.05, 0) is 48.7 Å². The summed E-state index contributed by atoms with van der Waals surface area (Å²) in [6, 6.07) is 8.56. The fourth-order valence-corrected chi connectivity index (χ4v) is 3.44. The highest BCUT2D eigenvalue weighted by atomic mass is 32.2. The van der Waals surface area contributed by atoms with Crippen molar-refractivity contribution in [1.82, 2.24) is 10.3 Å². The number of benzene rings is 1. The van der Waals surface area contributed by atoms with Crippen LogP contribution in [0.15, 0.2) is 36.4 Å². The number of amides is 1. The summed E-state index contributed by atoms with van der Waals surface area (Å²) in [5, 5.41) is 5.98. The third-order valence-corrected chi connectivity index (χ3v) is 5.00. The monoisotopic (exact) mass is 448 g/mol. The molecular formula is C22H29FN4O3S. The zero-order valence-corrected chi connectivity index (χ0v) is 18.9. The van der Waals surface area contributed by atoms with Gasteiger partial charge in [0.05, 0.1) is 17.6 Å². The molecule has 0 spiro atoms. The Hall–Kier alpha value is -2.94. The molecule has 0 atom stereocenters. The van der Waals surface area contributed by atoms with Crippen molar-refractivity contribution in [3.05, 3.63) is 58.8 Å². The summed E-state index contributed by atoms with van der Waals surface area (Å²) in [6.07, 6.45) is 6.13. The lowest BCUT2D eigenvalue weighted by atomic mass is 10.1. The van der Waals surface area contributed by atoms with E-state index in [0.717, 1.165) is 36.8 Å². The number of pyridine rings is 1. The van der Waals surface area contributed by atoms with Gasteiger partial charge < -0.3 is 10.6 Å². The zero-order valence-electron chi connectivity index (χ0n) is 18.0. The number of halogens is 1. The van der Waals surface area contributed by atoms with Gasteiger partial charge in [0.25, 0.3) is 0 Å². The van der Waals surface area contributed by atoms with Crippen LogP contribution in [0, 0.1) is 6.92 Å². The maximum atomic E-state index is 12.9. The SMILES string of the molecule is CCCCNc1nc(CF)ccc1/C=C/C(=O)NCc1ccc(NS(C)(=O)=O)c(C)c1. The van der Waals surface area contributed by atoms with Gasteiger partial charge >= 0.3 is 0 Å². The van der Waals surface area contributed by atoms with Gasteiger partial charge in [0.15, 0.2) is 0 Å².